The van der Waals surface area contributed by atoms with E-state index in [2.05, 4.69) is 28.3 Å². The first-order valence-corrected chi connectivity index (χ1v) is 4.61. The summed E-state index contributed by atoms with van der Waals surface area (Å²) in [7, 11) is 0. The quantitative estimate of drug-likeness (QED) is 0.460. The predicted molar refractivity (Wildman–Crippen MR) is 60.4 cm³/mol. The molecule has 1 aromatic carbocycles. The third kappa shape index (κ3) is 3.03. The van der Waals surface area contributed by atoms with Gasteiger partial charge >= 0.3 is 0 Å². The van der Waals surface area contributed by atoms with E-state index in [9.17, 15) is 4.39 Å². The number of terminal acetylenes is 1. The normalized spacial score (nSPS) is 8.87. The number of isothiocyanates is 1. The Labute approximate surface area is 96.7 Å². The van der Waals surface area contributed by atoms with Crippen molar-refractivity contribution >= 4 is 34.7 Å². The van der Waals surface area contributed by atoms with Crippen molar-refractivity contribution in [2.75, 3.05) is 6.61 Å². The maximum absolute atomic E-state index is 13.2. The van der Waals surface area contributed by atoms with Crippen LogP contribution >= 0.6 is 23.8 Å². The molecule has 0 N–H and O–H groups in total. The summed E-state index contributed by atoms with van der Waals surface area (Å²) in [6.07, 6.45) is 5.01. The highest BCUT2D eigenvalue weighted by Gasteiger charge is 2.08. The van der Waals surface area contributed by atoms with Gasteiger partial charge in [0, 0.05) is 6.07 Å². The highest BCUT2D eigenvalue weighted by Crippen LogP contribution is 2.31. The predicted octanol–water partition coefficient (Wildman–Crippen LogP) is 3.23. The van der Waals surface area contributed by atoms with E-state index in [-0.39, 0.29) is 23.1 Å². The summed E-state index contributed by atoms with van der Waals surface area (Å²) < 4.78 is 18.3. The van der Waals surface area contributed by atoms with Crippen LogP contribution in [0.25, 0.3) is 0 Å². The van der Waals surface area contributed by atoms with E-state index in [1.165, 1.54) is 6.07 Å². The molecule has 0 bridgehead atoms. The van der Waals surface area contributed by atoms with Gasteiger partial charge in [-0.2, -0.15) is 4.99 Å². The fourth-order valence-corrected chi connectivity index (χ4v) is 1.19. The van der Waals surface area contributed by atoms with E-state index in [1.54, 1.807) is 0 Å². The number of thiocarbonyl (C=S) groups is 1. The topological polar surface area (TPSA) is 21.6 Å². The number of aliphatic imine (C=N–C) groups is 1. The van der Waals surface area contributed by atoms with Crippen LogP contribution < -0.4 is 4.74 Å². The largest absolute Gasteiger partial charge is 0.479 e. The average Bonchev–Trinajstić information content (AvgIpc) is 2.20. The monoisotopic (exact) mass is 241 g/mol. The van der Waals surface area contributed by atoms with Crippen LogP contribution in [0.2, 0.25) is 5.02 Å². The zero-order valence-electron chi connectivity index (χ0n) is 7.46. The summed E-state index contributed by atoms with van der Waals surface area (Å²) >= 11 is 10.1. The second kappa shape index (κ2) is 5.47. The van der Waals surface area contributed by atoms with Crippen molar-refractivity contribution in [1.82, 2.24) is 0 Å². The van der Waals surface area contributed by atoms with Gasteiger partial charge in [0.25, 0.3) is 0 Å². The summed E-state index contributed by atoms with van der Waals surface area (Å²) in [5.74, 6) is 1.94. The van der Waals surface area contributed by atoms with Gasteiger partial charge in [-0.15, -0.1) is 6.42 Å². The van der Waals surface area contributed by atoms with Crippen LogP contribution in [0.4, 0.5) is 10.1 Å². The Bertz CT molecular complexity index is 463. The fraction of sp³-hybridized carbons (Fsp3) is 0.100. The SMILES string of the molecule is C#CCOc1cc(N=C=S)c(F)cc1Cl. The van der Waals surface area contributed by atoms with Crippen LogP contribution in [0.1, 0.15) is 0 Å². The average molecular weight is 242 g/mol. The molecule has 15 heavy (non-hydrogen) atoms. The minimum Gasteiger partial charge on any atom is -0.479 e. The molecule has 0 heterocycles. The number of hydrogen-bond acceptors (Lipinski definition) is 3. The van der Waals surface area contributed by atoms with Gasteiger partial charge in [0.1, 0.15) is 18.0 Å². The second-order valence-electron chi connectivity index (χ2n) is 2.43. The molecule has 1 aromatic rings. The van der Waals surface area contributed by atoms with E-state index in [0.29, 0.717) is 0 Å². The maximum Gasteiger partial charge on any atom is 0.151 e. The smallest absolute Gasteiger partial charge is 0.151 e. The molecule has 0 atom stereocenters. The van der Waals surface area contributed by atoms with Crippen molar-refractivity contribution in [2.45, 2.75) is 0 Å². The molecule has 0 aliphatic carbocycles. The number of benzene rings is 1. The first kappa shape index (κ1) is 11.7. The lowest BCUT2D eigenvalue weighted by Crippen LogP contribution is -1.94. The molecule has 2 nitrogen and oxygen atoms in total. The van der Waals surface area contributed by atoms with Crippen molar-refractivity contribution in [3.05, 3.63) is 23.0 Å². The summed E-state index contributed by atoms with van der Waals surface area (Å²) in [6, 6.07) is 2.40. The molecule has 5 heteroatoms. The minimum atomic E-state index is -0.592. The molecule has 0 spiro atoms. The number of nitrogens with zero attached hydrogens (tertiary/aromatic N) is 1. The van der Waals surface area contributed by atoms with Crippen LogP contribution in [0.3, 0.4) is 0 Å². The van der Waals surface area contributed by atoms with Gasteiger partial charge in [-0.3, -0.25) is 0 Å². The Morgan fingerprint density at radius 2 is 2.33 bits per heavy atom. The van der Waals surface area contributed by atoms with Crippen molar-refractivity contribution < 1.29 is 9.13 Å². The molecule has 0 aromatic heterocycles. The van der Waals surface area contributed by atoms with Crippen molar-refractivity contribution in [1.29, 1.82) is 0 Å². The van der Waals surface area contributed by atoms with Crippen LogP contribution in [-0.2, 0) is 0 Å². The Morgan fingerprint density at radius 3 is 2.93 bits per heavy atom. The molecule has 0 amide bonds. The summed E-state index contributed by atoms with van der Waals surface area (Å²) in [4.78, 5) is 3.52. The van der Waals surface area contributed by atoms with Gasteiger partial charge in [0.05, 0.1) is 10.2 Å². The van der Waals surface area contributed by atoms with E-state index in [0.717, 1.165) is 6.07 Å². The van der Waals surface area contributed by atoms with E-state index < -0.39 is 5.82 Å². The Kier molecular flexibility index (Phi) is 4.26. The molecule has 76 valence electrons. The zero-order chi connectivity index (χ0) is 11.3. The second-order valence-corrected chi connectivity index (χ2v) is 3.02. The molecule has 0 radical (unpaired) electrons. The number of hydrogen-bond donors (Lipinski definition) is 0. The lowest BCUT2D eigenvalue weighted by atomic mass is 10.3. The number of rotatable bonds is 3. The standard InChI is InChI=1S/C10H5ClFNOS/c1-2-3-14-10-5-9(13-6-15)8(12)4-7(10)11/h1,4-5H,3H2. The molecule has 1 rings (SSSR count). The maximum atomic E-state index is 13.2. The third-order valence-corrected chi connectivity index (χ3v) is 1.87. The van der Waals surface area contributed by atoms with E-state index in [4.69, 9.17) is 22.8 Å². The van der Waals surface area contributed by atoms with Gasteiger partial charge < -0.3 is 4.74 Å². The lowest BCUT2D eigenvalue weighted by molar-refractivity contribution is 0.370. The molecule has 0 saturated heterocycles. The molecule has 0 unspecified atom stereocenters. The number of halogens is 2. The Hall–Kier alpha value is -1.40. The van der Waals surface area contributed by atoms with Crippen LogP contribution in [0.5, 0.6) is 5.75 Å². The van der Waals surface area contributed by atoms with Gasteiger partial charge in [-0.25, -0.2) is 4.39 Å². The van der Waals surface area contributed by atoms with Crippen LogP contribution in [0.15, 0.2) is 17.1 Å². The van der Waals surface area contributed by atoms with Crippen molar-refractivity contribution in [2.24, 2.45) is 4.99 Å². The Balaban J connectivity index is 3.12. The van der Waals surface area contributed by atoms with Gasteiger partial charge in [-0.1, -0.05) is 17.5 Å². The van der Waals surface area contributed by atoms with Gasteiger partial charge in [0.2, 0.25) is 0 Å². The fourth-order valence-electron chi connectivity index (χ4n) is 0.883. The molecule has 0 saturated carbocycles. The van der Waals surface area contributed by atoms with Crippen LogP contribution in [0, 0.1) is 18.2 Å². The minimum absolute atomic E-state index is 0.0152. The highest BCUT2D eigenvalue weighted by molar-refractivity contribution is 7.78. The Morgan fingerprint density at radius 1 is 1.60 bits per heavy atom. The highest BCUT2D eigenvalue weighted by atomic mass is 35.5. The molecule has 0 aliphatic heterocycles. The van der Waals surface area contributed by atoms with Crippen molar-refractivity contribution in [3.63, 3.8) is 0 Å². The molecule has 0 fully saturated rings. The van der Waals surface area contributed by atoms with Gasteiger partial charge in [0.15, 0.2) is 5.82 Å². The van der Waals surface area contributed by atoms with E-state index >= 15 is 0 Å². The summed E-state index contributed by atoms with van der Waals surface area (Å²) in [5, 5.41) is 2.19. The molecule has 0 aliphatic rings. The molecular formula is C10H5ClFNOS. The first-order valence-electron chi connectivity index (χ1n) is 3.82. The van der Waals surface area contributed by atoms with E-state index in [1.807, 2.05) is 0 Å². The summed E-state index contributed by atoms with van der Waals surface area (Å²) in [6.45, 7) is 0.0477. The molecular weight excluding hydrogens is 237 g/mol. The van der Waals surface area contributed by atoms with Gasteiger partial charge in [-0.05, 0) is 18.3 Å². The first-order chi connectivity index (χ1) is 7.19. The summed E-state index contributed by atoms with van der Waals surface area (Å²) in [5.41, 5.74) is 0.0152. The number of ether oxygens (including phenoxy) is 1. The lowest BCUT2D eigenvalue weighted by Gasteiger charge is -2.05. The van der Waals surface area contributed by atoms with Crippen molar-refractivity contribution in [3.8, 4) is 18.1 Å². The third-order valence-electron chi connectivity index (χ3n) is 1.48. The van der Waals surface area contributed by atoms with Crippen LogP contribution in [-0.4, -0.2) is 11.8 Å². The zero-order valence-corrected chi connectivity index (χ0v) is 9.03.